The summed E-state index contributed by atoms with van der Waals surface area (Å²) < 4.78 is 0. The minimum atomic E-state index is -0.453. The molecule has 112 valence electrons. The normalized spacial score (nSPS) is 10.7. The SMILES string of the molecule is C/C(=C\C(=O)Nc1ccccn1)NNC(=O)c1cnccn1. The van der Waals surface area contributed by atoms with Crippen molar-refractivity contribution in [2.45, 2.75) is 6.92 Å². The average molecular weight is 298 g/mol. The molecule has 0 saturated carbocycles. The van der Waals surface area contributed by atoms with Gasteiger partial charge in [-0.1, -0.05) is 6.07 Å². The fraction of sp³-hybridized carbons (Fsp3) is 0.0714. The van der Waals surface area contributed by atoms with Crippen molar-refractivity contribution in [3.05, 3.63) is 60.5 Å². The van der Waals surface area contributed by atoms with Crippen LogP contribution in [0.2, 0.25) is 0 Å². The fourth-order valence-corrected chi connectivity index (χ4v) is 1.47. The predicted octanol–water partition coefficient (Wildman–Crippen LogP) is 0.648. The van der Waals surface area contributed by atoms with Crippen molar-refractivity contribution in [3.63, 3.8) is 0 Å². The van der Waals surface area contributed by atoms with E-state index in [0.717, 1.165) is 0 Å². The number of hydrogen-bond donors (Lipinski definition) is 3. The highest BCUT2D eigenvalue weighted by Gasteiger charge is 2.06. The van der Waals surface area contributed by atoms with E-state index in [-0.39, 0.29) is 11.6 Å². The Kier molecular flexibility index (Phi) is 5.14. The average Bonchev–Trinajstić information content (AvgIpc) is 2.54. The van der Waals surface area contributed by atoms with Gasteiger partial charge in [-0.25, -0.2) is 9.97 Å². The van der Waals surface area contributed by atoms with Crippen LogP contribution in [0, 0.1) is 0 Å². The fourth-order valence-electron chi connectivity index (χ4n) is 1.47. The Bertz CT molecular complexity index is 672. The van der Waals surface area contributed by atoms with E-state index in [4.69, 9.17) is 0 Å². The summed E-state index contributed by atoms with van der Waals surface area (Å²) in [7, 11) is 0. The van der Waals surface area contributed by atoms with Gasteiger partial charge in [-0.15, -0.1) is 0 Å². The van der Waals surface area contributed by atoms with Gasteiger partial charge >= 0.3 is 0 Å². The molecule has 22 heavy (non-hydrogen) atoms. The number of rotatable bonds is 5. The monoisotopic (exact) mass is 298 g/mol. The van der Waals surface area contributed by atoms with E-state index in [0.29, 0.717) is 11.5 Å². The van der Waals surface area contributed by atoms with Crippen molar-refractivity contribution in [1.82, 2.24) is 25.8 Å². The molecule has 2 heterocycles. The molecule has 0 spiro atoms. The Labute approximate surface area is 126 Å². The number of allylic oxidation sites excluding steroid dienone is 1. The van der Waals surface area contributed by atoms with Crippen LogP contribution in [-0.4, -0.2) is 26.8 Å². The number of anilines is 1. The molecule has 2 aromatic rings. The molecule has 3 N–H and O–H groups in total. The maximum atomic E-state index is 11.7. The highest BCUT2D eigenvalue weighted by Crippen LogP contribution is 2.00. The first-order valence-corrected chi connectivity index (χ1v) is 6.38. The number of amides is 2. The van der Waals surface area contributed by atoms with Gasteiger partial charge in [-0.3, -0.25) is 20.0 Å². The number of pyridine rings is 1. The first-order chi connectivity index (χ1) is 10.6. The molecule has 0 saturated heterocycles. The minimum absolute atomic E-state index is 0.167. The van der Waals surface area contributed by atoms with Crippen molar-refractivity contribution < 1.29 is 9.59 Å². The lowest BCUT2D eigenvalue weighted by Crippen LogP contribution is -2.37. The van der Waals surface area contributed by atoms with E-state index in [1.54, 1.807) is 31.3 Å². The van der Waals surface area contributed by atoms with Crippen LogP contribution in [0.15, 0.2) is 54.8 Å². The second-order valence-electron chi connectivity index (χ2n) is 4.20. The summed E-state index contributed by atoms with van der Waals surface area (Å²) in [6, 6.07) is 5.18. The third-order valence-corrected chi connectivity index (χ3v) is 2.43. The lowest BCUT2D eigenvalue weighted by Gasteiger charge is -2.08. The van der Waals surface area contributed by atoms with Crippen LogP contribution in [0.25, 0.3) is 0 Å². The van der Waals surface area contributed by atoms with E-state index in [1.165, 1.54) is 24.7 Å². The van der Waals surface area contributed by atoms with Gasteiger partial charge < -0.3 is 10.7 Å². The summed E-state index contributed by atoms with van der Waals surface area (Å²) in [6.45, 7) is 1.63. The quantitative estimate of drug-likeness (QED) is 0.552. The first kappa shape index (κ1) is 15.1. The Morgan fingerprint density at radius 2 is 1.95 bits per heavy atom. The standard InChI is InChI=1S/C14H14N6O2/c1-10(8-13(21)18-12-4-2-3-5-17-12)19-20-14(22)11-9-15-6-7-16-11/h2-9,19H,1H3,(H,20,22)(H,17,18,21)/b10-8+. The molecule has 0 unspecified atom stereocenters. The first-order valence-electron chi connectivity index (χ1n) is 6.38. The molecule has 2 rings (SSSR count). The Morgan fingerprint density at radius 3 is 2.64 bits per heavy atom. The molecule has 0 aliphatic heterocycles. The van der Waals surface area contributed by atoms with Gasteiger partial charge in [-0.05, 0) is 19.1 Å². The maximum Gasteiger partial charge on any atom is 0.289 e. The molecular formula is C14H14N6O2. The molecule has 2 amide bonds. The molecule has 8 heteroatoms. The van der Waals surface area contributed by atoms with Gasteiger partial charge in [-0.2, -0.15) is 0 Å². The van der Waals surface area contributed by atoms with Crippen molar-refractivity contribution in [2.75, 3.05) is 5.32 Å². The Hall–Kier alpha value is -3.29. The number of carbonyl (C=O) groups excluding carboxylic acids is 2. The highest BCUT2D eigenvalue weighted by molar-refractivity contribution is 5.99. The second-order valence-corrected chi connectivity index (χ2v) is 4.20. The number of nitrogens with one attached hydrogen (secondary N) is 3. The van der Waals surface area contributed by atoms with Crippen LogP contribution in [0.3, 0.4) is 0 Å². The molecule has 0 atom stereocenters. The smallest absolute Gasteiger partial charge is 0.289 e. The van der Waals surface area contributed by atoms with E-state index in [2.05, 4.69) is 31.1 Å². The Balaban J connectivity index is 1.85. The number of aromatic nitrogens is 3. The van der Waals surface area contributed by atoms with Gasteiger partial charge in [0.05, 0.1) is 6.20 Å². The molecule has 8 nitrogen and oxygen atoms in total. The number of nitrogens with zero attached hydrogens (tertiary/aromatic N) is 3. The van der Waals surface area contributed by atoms with E-state index in [1.807, 2.05) is 0 Å². The second kappa shape index (κ2) is 7.48. The van der Waals surface area contributed by atoms with Gasteiger partial charge in [0.15, 0.2) is 0 Å². The van der Waals surface area contributed by atoms with Crippen molar-refractivity contribution in [3.8, 4) is 0 Å². The zero-order valence-corrected chi connectivity index (χ0v) is 11.8. The molecule has 0 aliphatic rings. The number of hydrazine groups is 1. The van der Waals surface area contributed by atoms with Crippen molar-refractivity contribution >= 4 is 17.6 Å². The van der Waals surface area contributed by atoms with Crippen LogP contribution in [0.5, 0.6) is 0 Å². The van der Waals surface area contributed by atoms with Crippen molar-refractivity contribution in [2.24, 2.45) is 0 Å². The number of carbonyl (C=O) groups is 2. The van der Waals surface area contributed by atoms with Gasteiger partial charge in [0.2, 0.25) is 0 Å². The van der Waals surface area contributed by atoms with Crippen LogP contribution >= 0.6 is 0 Å². The molecule has 0 fully saturated rings. The summed E-state index contributed by atoms with van der Waals surface area (Å²) in [5.74, 6) is -0.372. The summed E-state index contributed by atoms with van der Waals surface area (Å²) in [6.07, 6.45) is 7.09. The molecule has 2 aromatic heterocycles. The topological polar surface area (TPSA) is 109 Å². The van der Waals surface area contributed by atoms with Gasteiger partial charge in [0.1, 0.15) is 11.5 Å². The highest BCUT2D eigenvalue weighted by atomic mass is 16.2. The summed E-state index contributed by atoms with van der Waals surface area (Å²) in [5.41, 5.74) is 5.64. The largest absolute Gasteiger partial charge is 0.307 e. The van der Waals surface area contributed by atoms with E-state index in [9.17, 15) is 9.59 Å². The maximum absolute atomic E-state index is 11.7. The predicted molar refractivity (Wildman–Crippen MR) is 79.3 cm³/mol. The van der Waals surface area contributed by atoms with Crippen LogP contribution in [-0.2, 0) is 4.79 Å². The Morgan fingerprint density at radius 1 is 1.09 bits per heavy atom. The van der Waals surface area contributed by atoms with Crippen LogP contribution in [0.1, 0.15) is 17.4 Å². The van der Waals surface area contributed by atoms with E-state index < -0.39 is 5.91 Å². The van der Waals surface area contributed by atoms with Gasteiger partial charge in [0.25, 0.3) is 11.8 Å². The lowest BCUT2D eigenvalue weighted by molar-refractivity contribution is -0.112. The summed E-state index contributed by atoms with van der Waals surface area (Å²) in [4.78, 5) is 35.1. The summed E-state index contributed by atoms with van der Waals surface area (Å²) in [5, 5.41) is 2.59. The molecular weight excluding hydrogens is 284 g/mol. The third kappa shape index (κ3) is 4.67. The summed E-state index contributed by atoms with van der Waals surface area (Å²) >= 11 is 0. The molecule has 0 aliphatic carbocycles. The number of hydrogen-bond acceptors (Lipinski definition) is 6. The zero-order valence-electron chi connectivity index (χ0n) is 11.8. The van der Waals surface area contributed by atoms with Crippen LogP contribution in [0.4, 0.5) is 5.82 Å². The minimum Gasteiger partial charge on any atom is -0.307 e. The van der Waals surface area contributed by atoms with Gasteiger partial charge in [0, 0.05) is 30.4 Å². The third-order valence-electron chi connectivity index (χ3n) is 2.43. The molecule has 0 radical (unpaired) electrons. The molecule has 0 bridgehead atoms. The van der Waals surface area contributed by atoms with E-state index >= 15 is 0 Å². The zero-order chi connectivity index (χ0) is 15.8. The lowest BCUT2D eigenvalue weighted by atomic mass is 10.4. The van der Waals surface area contributed by atoms with Crippen LogP contribution < -0.4 is 16.2 Å². The van der Waals surface area contributed by atoms with Crippen molar-refractivity contribution in [1.29, 1.82) is 0 Å². The molecule has 0 aromatic carbocycles.